The lowest BCUT2D eigenvalue weighted by Crippen LogP contribution is -2.55. The van der Waals surface area contributed by atoms with E-state index in [0.29, 0.717) is 10.9 Å². The Bertz CT molecular complexity index is 730. The number of carbonyl (C=O) groups is 1. The highest BCUT2D eigenvalue weighted by molar-refractivity contribution is 6.05. The Morgan fingerprint density at radius 2 is 2.09 bits per heavy atom. The summed E-state index contributed by atoms with van der Waals surface area (Å²) in [6, 6.07) is 6.43. The molecule has 0 N–H and O–H groups in total. The van der Waals surface area contributed by atoms with Crippen LogP contribution < -0.4 is 0 Å². The van der Waals surface area contributed by atoms with Crippen LogP contribution in [0.5, 0.6) is 0 Å². The maximum Gasteiger partial charge on any atom is 0.416 e. The summed E-state index contributed by atoms with van der Waals surface area (Å²) >= 11 is 0. The summed E-state index contributed by atoms with van der Waals surface area (Å²) in [5, 5.41) is 8.25. The van der Waals surface area contributed by atoms with Gasteiger partial charge in [-0.1, -0.05) is 18.2 Å². The van der Waals surface area contributed by atoms with Crippen molar-refractivity contribution in [2.24, 2.45) is 0 Å². The summed E-state index contributed by atoms with van der Waals surface area (Å²) in [4.78, 5) is 13.9. The monoisotopic (exact) mass is 325 g/mol. The Morgan fingerprint density at radius 1 is 1.35 bits per heavy atom. The Hall–Kier alpha value is -2.22. The predicted octanol–water partition coefficient (Wildman–Crippen LogP) is 2.42. The number of alkyl halides is 3. The largest absolute Gasteiger partial charge is 0.416 e. The molecule has 2 aromatic rings. The van der Waals surface area contributed by atoms with Gasteiger partial charge in [-0.2, -0.15) is 23.4 Å². The lowest BCUT2D eigenvalue weighted by Gasteiger charge is -2.38. The minimum Gasteiger partial charge on any atom is -0.365 e. The van der Waals surface area contributed by atoms with Crippen LogP contribution in [0.4, 0.5) is 13.2 Å². The second-order valence-corrected chi connectivity index (χ2v) is 5.45. The van der Waals surface area contributed by atoms with E-state index in [4.69, 9.17) is 4.74 Å². The molecule has 1 fully saturated rings. The maximum atomic E-state index is 12.9. The average Bonchev–Trinajstić information content (AvgIpc) is 2.53. The van der Waals surface area contributed by atoms with Gasteiger partial charge >= 0.3 is 6.18 Å². The van der Waals surface area contributed by atoms with Crippen molar-refractivity contribution in [2.75, 3.05) is 13.2 Å². The minimum absolute atomic E-state index is 0.160. The van der Waals surface area contributed by atoms with E-state index < -0.39 is 30.8 Å². The molecular formula is C15H14F3N3O2. The maximum absolute atomic E-state index is 12.9. The van der Waals surface area contributed by atoms with Crippen molar-refractivity contribution < 1.29 is 22.7 Å². The average molecular weight is 325 g/mol. The summed E-state index contributed by atoms with van der Waals surface area (Å²) in [5.41, 5.74) is 0.761. The van der Waals surface area contributed by atoms with E-state index in [2.05, 4.69) is 10.2 Å². The van der Waals surface area contributed by atoms with E-state index in [-0.39, 0.29) is 12.2 Å². The summed E-state index contributed by atoms with van der Waals surface area (Å²) in [6.07, 6.45) is -5.18. The number of hydrogen-bond donors (Lipinski definition) is 0. The van der Waals surface area contributed by atoms with Crippen LogP contribution in [0.3, 0.4) is 0 Å². The first-order valence-electron chi connectivity index (χ1n) is 7.07. The fourth-order valence-corrected chi connectivity index (χ4v) is 2.57. The standard InChI is InChI=1S/C15H14F3N3O2/c1-9-8-23-13(15(16,17)18)7-21(9)14(22)11-6-19-20-12-5-3-2-4-10(11)12/h2-6,9,13H,7-8H2,1H3. The molecule has 8 heteroatoms. The number of benzene rings is 1. The number of rotatable bonds is 1. The van der Waals surface area contributed by atoms with Gasteiger partial charge in [-0.3, -0.25) is 4.79 Å². The van der Waals surface area contributed by atoms with Gasteiger partial charge in [-0.05, 0) is 13.0 Å². The van der Waals surface area contributed by atoms with Gasteiger partial charge in [-0.15, -0.1) is 0 Å². The molecule has 122 valence electrons. The molecule has 0 aliphatic carbocycles. The third kappa shape index (κ3) is 2.98. The molecule has 0 saturated carbocycles. The Labute approximate surface area is 130 Å². The molecule has 1 amide bonds. The number of morpholine rings is 1. The SMILES string of the molecule is CC1COC(C(F)(F)F)CN1C(=O)c1cnnc2ccccc12. The summed E-state index contributed by atoms with van der Waals surface area (Å²) < 4.78 is 43.4. The second-order valence-electron chi connectivity index (χ2n) is 5.45. The highest BCUT2D eigenvalue weighted by atomic mass is 19.4. The smallest absolute Gasteiger partial charge is 0.365 e. The number of aromatic nitrogens is 2. The van der Waals surface area contributed by atoms with Crippen LogP contribution in [-0.4, -0.2) is 52.5 Å². The fraction of sp³-hybridized carbons (Fsp3) is 0.400. The van der Waals surface area contributed by atoms with Crippen molar-refractivity contribution in [1.29, 1.82) is 0 Å². The second kappa shape index (κ2) is 5.77. The highest BCUT2D eigenvalue weighted by Gasteiger charge is 2.46. The molecule has 1 aliphatic heterocycles. The van der Waals surface area contributed by atoms with Gasteiger partial charge in [0.1, 0.15) is 0 Å². The number of carbonyl (C=O) groups excluding carboxylic acids is 1. The first kappa shape index (κ1) is 15.7. The molecular weight excluding hydrogens is 311 g/mol. The van der Waals surface area contributed by atoms with Gasteiger partial charge in [-0.25, -0.2) is 0 Å². The molecule has 1 aromatic heterocycles. The number of amides is 1. The van der Waals surface area contributed by atoms with E-state index in [1.807, 2.05) is 0 Å². The zero-order valence-corrected chi connectivity index (χ0v) is 12.2. The van der Waals surface area contributed by atoms with E-state index in [1.165, 1.54) is 11.1 Å². The molecule has 0 bridgehead atoms. The van der Waals surface area contributed by atoms with Crippen LogP contribution in [0.1, 0.15) is 17.3 Å². The van der Waals surface area contributed by atoms with Gasteiger partial charge in [0.2, 0.25) is 0 Å². The third-order valence-corrected chi connectivity index (χ3v) is 3.84. The number of nitrogens with zero attached hydrogens (tertiary/aromatic N) is 3. The first-order chi connectivity index (χ1) is 10.9. The highest BCUT2D eigenvalue weighted by Crippen LogP contribution is 2.28. The number of fused-ring (bicyclic) bond motifs is 1. The Kier molecular flexibility index (Phi) is 3.93. The van der Waals surface area contributed by atoms with Gasteiger partial charge in [0.25, 0.3) is 5.91 Å². The van der Waals surface area contributed by atoms with Crippen molar-refractivity contribution in [2.45, 2.75) is 25.2 Å². The fourth-order valence-electron chi connectivity index (χ4n) is 2.57. The van der Waals surface area contributed by atoms with E-state index in [9.17, 15) is 18.0 Å². The Balaban J connectivity index is 1.94. The van der Waals surface area contributed by atoms with E-state index >= 15 is 0 Å². The molecule has 2 unspecified atom stereocenters. The third-order valence-electron chi connectivity index (χ3n) is 3.84. The normalized spacial score (nSPS) is 22.3. The summed E-state index contributed by atoms with van der Waals surface area (Å²) in [5.74, 6) is -0.499. The van der Waals surface area contributed by atoms with E-state index in [1.54, 1.807) is 31.2 Å². The van der Waals surface area contributed by atoms with Crippen molar-refractivity contribution in [1.82, 2.24) is 15.1 Å². The number of ether oxygens (including phenoxy) is 1. The van der Waals surface area contributed by atoms with Crippen molar-refractivity contribution >= 4 is 16.8 Å². The van der Waals surface area contributed by atoms with Crippen LogP contribution in [0.15, 0.2) is 30.5 Å². The van der Waals surface area contributed by atoms with Crippen molar-refractivity contribution in [3.05, 3.63) is 36.0 Å². The summed E-state index contributed by atoms with van der Waals surface area (Å²) in [6.45, 7) is 0.966. The number of halogens is 3. The zero-order valence-electron chi connectivity index (χ0n) is 12.2. The minimum atomic E-state index is -4.50. The topological polar surface area (TPSA) is 55.3 Å². The molecule has 3 rings (SSSR count). The predicted molar refractivity (Wildman–Crippen MR) is 75.8 cm³/mol. The molecule has 2 atom stereocenters. The molecule has 0 spiro atoms. The van der Waals surface area contributed by atoms with Gasteiger partial charge in [0.15, 0.2) is 6.10 Å². The van der Waals surface area contributed by atoms with E-state index in [0.717, 1.165) is 0 Å². The summed E-state index contributed by atoms with van der Waals surface area (Å²) in [7, 11) is 0. The van der Waals surface area contributed by atoms with Gasteiger partial charge in [0, 0.05) is 5.39 Å². The zero-order chi connectivity index (χ0) is 16.6. The van der Waals surface area contributed by atoms with Crippen LogP contribution in [-0.2, 0) is 4.74 Å². The molecule has 0 radical (unpaired) electrons. The molecule has 1 aromatic carbocycles. The quantitative estimate of drug-likeness (QED) is 0.808. The first-order valence-corrected chi connectivity index (χ1v) is 7.07. The van der Waals surface area contributed by atoms with Crippen LogP contribution in [0, 0.1) is 0 Å². The van der Waals surface area contributed by atoms with Gasteiger partial charge < -0.3 is 9.64 Å². The molecule has 1 aliphatic rings. The Morgan fingerprint density at radius 3 is 2.83 bits per heavy atom. The molecule has 23 heavy (non-hydrogen) atoms. The van der Waals surface area contributed by atoms with Crippen molar-refractivity contribution in [3.63, 3.8) is 0 Å². The number of hydrogen-bond acceptors (Lipinski definition) is 4. The van der Waals surface area contributed by atoms with Crippen LogP contribution in [0.2, 0.25) is 0 Å². The lowest BCUT2D eigenvalue weighted by molar-refractivity contribution is -0.239. The van der Waals surface area contributed by atoms with Crippen LogP contribution in [0.25, 0.3) is 10.9 Å². The van der Waals surface area contributed by atoms with Crippen molar-refractivity contribution in [3.8, 4) is 0 Å². The van der Waals surface area contributed by atoms with Crippen LogP contribution >= 0.6 is 0 Å². The molecule has 5 nitrogen and oxygen atoms in total. The molecule has 2 heterocycles. The van der Waals surface area contributed by atoms with Gasteiger partial charge in [0.05, 0.1) is 36.5 Å². The lowest BCUT2D eigenvalue weighted by atomic mass is 10.1. The molecule has 1 saturated heterocycles.